The molecule has 0 N–H and O–H groups in total. The van der Waals surface area contributed by atoms with Crippen molar-refractivity contribution in [3.8, 4) is 0 Å². The first-order valence-electron chi connectivity index (χ1n) is 5.08. The Morgan fingerprint density at radius 2 is 1.80 bits per heavy atom. The van der Waals surface area contributed by atoms with Crippen LogP contribution in [0.3, 0.4) is 0 Å². The van der Waals surface area contributed by atoms with Crippen LogP contribution in [0.5, 0.6) is 0 Å². The normalized spacial score (nSPS) is 9.60. The maximum absolute atomic E-state index is 4.44. The van der Waals surface area contributed by atoms with Crippen LogP contribution in [-0.4, -0.2) is 10.3 Å². The Hall–Kier alpha value is -0.890. The van der Waals surface area contributed by atoms with E-state index in [9.17, 15) is 0 Å². The van der Waals surface area contributed by atoms with Gasteiger partial charge in [-0.2, -0.15) is 0 Å². The van der Waals surface area contributed by atoms with Gasteiger partial charge < -0.3 is 0 Å². The Bertz CT molecular complexity index is 437. The first kappa shape index (κ1) is 12.2. The van der Waals surface area contributed by atoms with Crippen LogP contribution in [0.4, 0.5) is 0 Å². The Morgan fingerprint density at radius 3 is 2.47 bits per heavy atom. The van der Waals surface area contributed by atoms with E-state index in [1.165, 1.54) is 10.9 Å². The number of aryl methyl sites for hydroxylation is 2. The first-order chi connectivity index (χ1) is 7.19. The number of hydrogen-bond donors (Lipinski definition) is 0. The summed E-state index contributed by atoms with van der Waals surface area (Å²) in [5.41, 5.74) is 3.49. The van der Waals surface area contributed by atoms with E-state index in [0.717, 1.165) is 16.5 Å². The summed E-state index contributed by atoms with van der Waals surface area (Å²) in [6, 6.07) is 10.3. The molecule has 0 aliphatic heterocycles. The fourth-order valence-electron chi connectivity index (χ4n) is 1.52. The van der Waals surface area contributed by atoms with Crippen molar-refractivity contribution in [2.45, 2.75) is 20.8 Å². The molecule has 0 fully saturated rings. The fourth-order valence-corrected chi connectivity index (χ4v) is 1.52. The molecule has 2 aromatic rings. The molecule has 0 radical (unpaired) electrons. The minimum Gasteiger partial charge on any atom is -0.253 e. The predicted molar refractivity (Wildman–Crippen MR) is 70.7 cm³/mol. The van der Waals surface area contributed by atoms with Gasteiger partial charge in [0.1, 0.15) is 0 Å². The SMILES string of the molecule is CCBr.Cc1cc(C)c2ccccc2n1. The smallest absolute Gasteiger partial charge is 0.0707 e. The third kappa shape index (κ3) is 3.31. The number of hydrogen-bond acceptors (Lipinski definition) is 1. The van der Waals surface area contributed by atoms with Crippen molar-refractivity contribution in [2.75, 3.05) is 5.33 Å². The van der Waals surface area contributed by atoms with Gasteiger partial charge in [0, 0.05) is 16.4 Å². The summed E-state index contributed by atoms with van der Waals surface area (Å²) in [5, 5.41) is 2.32. The van der Waals surface area contributed by atoms with Crippen molar-refractivity contribution in [3.05, 3.63) is 41.6 Å². The molecule has 1 heterocycles. The van der Waals surface area contributed by atoms with E-state index in [1.807, 2.05) is 26.0 Å². The van der Waals surface area contributed by atoms with Crippen molar-refractivity contribution in [3.63, 3.8) is 0 Å². The number of halogens is 1. The number of aromatic nitrogens is 1. The average molecular weight is 266 g/mol. The lowest BCUT2D eigenvalue weighted by molar-refractivity contribution is 1.23. The van der Waals surface area contributed by atoms with Crippen molar-refractivity contribution in [1.29, 1.82) is 0 Å². The molecule has 1 nitrogen and oxygen atoms in total. The fraction of sp³-hybridized carbons (Fsp3) is 0.308. The van der Waals surface area contributed by atoms with Gasteiger partial charge in [-0.15, -0.1) is 0 Å². The van der Waals surface area contributed by atoms with E-state index in [1.54, 1.807) is 0 Å². The summed E-state index contributed by atoms with van der Waals surface area (Å²) >= 11 is 3.15. The maximum atomic E-state index is 4.44. The number of alkyl halides is 1. The lowest BCUT2D eigenvalue weighted by Crippen LogP contribution is -1.85. The monoisotopic (exact) mass is 265 g/mol. The van der Waals surface area contributed by atoms with Crippen molar-refractivity contribution in [1.82, 2.24) is 4.98 Å². The molecule has 0 unspecified atom stereocenters. The Balaban J connectivity index is 0.000000337. The molecule has 2 heteroatoms. The van der Waals surface area contributed by atoms with Crippen LogP contribution in [0.2, 0.25) is 0 Å². The maximum Gasteiger partial charge on any atom is 0.0707 e. The third-order valence-electron chi connectivity index (χ3n) is 2.05. The Kier molecular flexibility index (Phi) is 4.76. The van der Waals surface area contributed by atoms with Gasteiger partial charge in [-0.3, -0.25) is 4.98 Å². The van der Waals surface area contributed by atoms with Crippen LogP contribution < -0.4 is 0 Å². The molecule has 1 aromatic carbocycles. The van der Waals surface area contributed by atoms with Crippen LogP contribution in [0.1, 0.15) is 18.2 Å². The lowest BCUT2D eigenvalue weighted by atomic mass is 10.1. The second kappa shape index (κ2) is 5.86. The number of rotatable bonds is 0. The van der Waals surface area contributed by atoms with E-state index in [2.05, 4.69) is 46.0 Å². The van der Waals surface area contributed by atoms with Gasteiger partial charge in [-0.1, -0.05) is 41.1 Å². The van der Waals surface area contributed by atoms with Gasteiger partial charge in [0.05, 0.1) is 5.52 Å². The molecule has 0 spiro atoms. The van der Waals surface area contributed by atoms with Crippen molar-refractivity contribution < 1.29 is 0 Å². The number of fused-ring (bicyclic) bond motifs is 1. The minimum atomic E-state index is 1.06. The second-order valence-electron chi connectivity index (χ2n) is 3.36. The summed E-state index contributed by atoms with van der Waals surface area (Å²) < 4.78 is 0. The Labute approximate surface area is 99.7 Å². The molecular formula is C13H16BrN. The summed E-state index contributed by atoms with van der Waals surface area (Å²) in [4.78, 5) is 4.44. The Morgan fingerprint density at radius 1 is 1.20 bits per heavy atom. The molecule has 1 aromatic heterocycles. The van der Waals surface area contributed by atoms with Gasteiger partial charge in [-0.25, -0.2) is 0 Å². The molecule has 0 saturated heterocycles. The predicted octanol–water partition coefficient (Wildman–Crippen LogP) is 4.25. The number of nitrogens with zero attached hydrogens (tertiary/aromatic N) is 1. The van der Waals surface area contributed by atoms with E-state index >= 15 is 0 Å². The molecule has 2 rings (SSSR count). The van der Waals surface area contributed by atoms with E-state index < -0.39 is 0 Å². The van der Waals surface area contributed by atoms with Crippen LogP contribution in [-0.2, 0) is 0 Å². The van der Waals surface area contributed by atoms with Crippen molar-refractivity contribution in [2.24, 2.45) is 0 Å². The average Bonchev–Trinajstić information content (AvgIpc) is 2.18. The lowest BCUT2D eigenvalue weighted by Gasteiger charge is -2.01. The first-order valence-corrected chi connectivity index (χ1v) is 6.20. The number of benzene rings is 1. The molecule has 0 aliphatic carbocycles. The quantitative estimate of drug-likeness (QED) is 0.649. The van der Waals surface area contributed by atoms with Crippen LogP contribution in [0.15, 0.2) is 30.3 Å². The highest BCUT2D eigenvalue weighted by Crippen LogP contribution is 2.16. The molecule has 0 saturated carbocycles. The highest BCUT2D eigenvalue weighted by atomic mass is 79.9. The summed E-state index contributed by atoms with van der Waals surface area (Å²) in [6.07, 6.45) is 0. The largest absolute Gasteiger partial charge is 0.253 e. The third-order valence-corrected chi connectivity index (χ3v) is 2.05. The zero-order valence-corrected chi connectivity index (χ0v) is 11.0. The van der Waals surface area contributed by atoms with Gasteiger partial charge in [0.15, 0.2) is 0 Å². The highest BCUT2D eigenvalue weighted by molar-refractivity contribution is 9.09. The summed E-state index contributed by atoms with van der Waals surface area (Å²) in [5.74, 6) is 0. The minimum absolute atomic E-state index is 1.06. The molecule has 15 heavy (non-hydrogen) atoms. The highest BCUT2D eigenvalue weighted by Gasteiger charge is 1.97. The standard InChI is InChI=1S/C11H11N.C2H5Br/c1-8-7-9(2)12-11-6-4-3-5-10(8)11;1-2-3/h3-7H,1-2H3;2H2,1H3. The summed E-state index contributed by atoms with van der Waals surface area (Å²) in [7, 11) is 0. The van der Waals surface area contributed by atoms with Gasteiger partial charge in [0.2, 0.25) is 0 Å². The van der Waals surface area contributed by atoms with E-state index in [0.29, 0.717) is 0 Å². The van der Waals surface area contributed by atoms with Crippen LogP contribution in [0.25, 0.3) is 10.9 Å². The zero-order chi connectivity index (χ0) is 11.3. The molecule has 0 aliphatic rings. The van der Waals surface area contributed by atoms with E-state index in [4.69, 9.17) is 0 Å². The molecule has 0 amide bonds. The number of para-hydroxylation sites is 1. The molecule has 0 atom stereocenters. The van der Waals surface area contributed by atoms with Gasteiger partial charge in [-0.05, 0) is 31.5 Å². The van der Waals surface area contributed by atoms with Crippen molar-refractivity contribution >= 4 is 26.8 Å². The summed E-state index contributed by atoms with van der Waals surface area (Å²) in [6.45, 7) is 6.19. The molecule has 0 bridgehead atoms. The molecular weight excluding hydrogens is 250 g/mol. The van der Waals surface area contributed by atoms with Gasteiger partial charge in [0.25, 0.3) is 0 Å². The van der Waals surface area contributed by atoms with E-state index in [-0.39, 0.29) is 0 Å². The van der Waals surface area contributed by atoms with Crippen LogP contribution >= 0.6 is 15.9 Å². The second-order valence-corrected chi connectivity index (χ2v) is 4.49. The zero-order valence-electron chi connectivity index (χ0n) is 9.42. The van der Waals surface area contributed by atoms with Crippen LogP contribution in [0, 0.1) is 13.8 Å². The number of pyridine rings is 1. The topological polar surface area (TPSA) is 12.9 Å². The van der Waals surface area contributed by atoms with Gasteiger partial charge >= 0.3 is 0 Å². The molecule has 80 valence electrons.